The molecule has 8 heteroatoms. The molecule has 0 saturated heterocycles. The third-order valence-electron chi connectivity index (χ3n) is 0.602. The molecular formula is CH3N6O2+. The molecule has 1 rings (SSSR count). The highest BCUT2D eigenvalue weighted by Gasteiger charge is 2.06. The third kappa shape index (κ3) is 1.40. The van der Waals surface area contributed by atoms with Gasteiger partial charge in [0.2, 0.25) is 10.4 Å². The second-order valence-corrected chi connectivity index (χ2v) is 1.25. The van der Waals surface area contributed by atoms with Gasteiger partial charge in [-0.2, -0.15) is 0 Å². The second-order valence-electron chi connectivity index (χ2n) is 1.25. The predicted molar refractivity (Wildman–Crippen MR) is 21.4 cm³/mol. The molecule has 1 aromatic rings. The zero-order valence-corrected chi connectivity index (χ0v) is 4.26. The van der Waals surface area contributed by atoms with Crippen molar-refractivity contribution in [3.8, 4) is 0 Å². The lowest BCUT2D eigenvalue weighted by Gasteiger charge is -1.80. The average molecular weight is 131 g/mol. The van der Waals surface area contributed by atoms with Gasteiger partial charge in [-0.25, -0.2) is 0 Å². The number of rotatable bonds is 2. The summed E-state index contributed by atoms with van der Waals surface area (Å²) < 4.78 is 0. The van der Waals surface area contributed by atoms with Gasteiger partial charge in [-0.1, -0.05) is 0 Å². The van der Waals surface area contributed by atoms with Crippen LogP contribution in [0.15, 0.2) is 0 Å². The summed E-state index contributed by atoms with van der Waals surface area (Å²) in [6, 6.07) is 0. The first kappa shape index (κ1) is 5.54. The third-order valence-corrected chi connectivity index (χ3v) is 0.602. The van der Waals surface area contributed by atoms with Gasteiger partial charge in [0.1, 0.15) is 5.21 Å². The van der Waals surface area contributed by atoms with Crippen molar-refractivity contribution < 1.29 is 9.72 Å². The number of hydrogen-bond donors (Lipinski definition) is 1. The molecule has 9 heavy (non-hydrogen) atoms. The van der Waals surface area contributed by atoms with Crippen LogP contribution in [0.1, 0.15) is 0 Å². The van der Waals surface area contributed by atoms with E-state index in [0.29, 0.717) is 0 Å². The Morgan fingerprint density at radius 3 is 3.00 bits per heavy atom. The van der Waals surface area contributed by atoms with Gasteiger partial charge in [0, 0.05) is 4.80 Å². The maximum atomic E-state index is 9.74. The molecule has 1 N–H and O–H groups in total. The Bertz CT molecular complexity index is 191. The first-order chi connectivity index (χ1) is 4.29. The summed E-state index contributed by atoms with van der Waals surface area (Å²) in [4.78, 5) is 10.1. The van der Waals surface area contributed by atoms with E-state index in [1.54, 1.807) is 0 Å². The Kier molecular flexibility index (Phi) is 1.30. The normalized spacial score (nSPS) is 9.33. The smallest absolute Gasteiger partial charge is 0.261 e. The molecule has 1 aromatic heterocycles. The van der Waals surface area contributed by atoms with Gasteiger partial charge < -0.3 is 0 Å². The van der Waals surface area contributed by atoms with E-state index in [9.17, 15) is 10.1 Å². The van der Waals surface area contributed by atoms with Crippen molar-refractivity contribution in [2.75, 3.05) is 0 Å². The number of aromatic nitrogens is 5. The zero-order valence-electron chi connectivity index (χ0n) is 4.26. The number of hydrogen-bond acceptors (Lipinski definition) is 5. The van der Waals surface area contributed by atoms with Gasteiger partial charge >= 0.3 is 6.67 Å². The van der Waals surface area contributed by atoms with E-state index in [-0.39, 0.29) is 0 Å². The molecule has 0 aromatic carbocycles. The molecule has 0 aliphatic heterocycles. The molecule has 48 valence electrons. The molecule has 0 fully saturated rings. The van der Waals surface area contributed by atoms with Crippen LogP contribution in [0.3, 0.4) is 0 Å². The van der Waals surface area contributed by atoms with Crippen molar-refractivity contribution in [3.05, 3.63) is 10.1 Å². The largest absolute Gasteiger partial charge is 0.360 e. The highest BCUT2D eigenvalue weighted by Crippen LogP contribution is 1.59. The Hall–Kier alpha value is -1.60. The first-order valence-corrected chi connectivity index (χ1v) is 2.04. The molecule has 1 heterocycles. The molecule has 0 amide bonds. The first-order valence-electron chi connectivity index (χ1n) is 2.04. The molecule has 0 bridgehead atoms. The molecule has 0 spiro atoms. The maximum Gasteiger partial charge on any atom is 0.360 e. The van der Waals surface area contributed by atoms with Gasteiger partial charge in [-0.3, -0.25) is 10.1 Å². The maximum absolute atomic E-state index is 9.74. The van der Waals surface area contributed by atoms with E-state index in [1.807, 2.05) is 0 Å². The SMILES string of the molecule is O=[N+]([O-])C[n+]1nnn[nH]1. The Labute approximate surface area is 48.6 Å². The molecule has 0 aliphatic carbocycles. The van der Waals surface area contributed by atoms with E-state index < -0.39 is 11.6 Å². The molecule has 0 atom stereocenters. The monoisotopic (exact) mass is 131 g/mol. The van der Waals surface area contributed by atoms with Gasteiger partial charge in [-0.05, 0) is 5.21 Å². The summed E-state index contributed by atoms with van der Waals surface area (Å²) in [5, 5.41) is 21.3. The summed E-state index contributed by atoms with van der Waals surface area (Å²) in [6.07, 6.45) is 0. The number of H-pyrrole nitrogens is 1. The fourth-order valence-corrected chi connectivity index (χ4v) is 0.329. The van der Waals surface area contributed by atoms with E-state index in [0.717, 1.165) is 4.80 Å². The lowest BCUT2D eigenvalue weighted by molar-refractivity contribution is -0.911. The van der Waals surface area contributed by atoms with Crippen LogP contribution in [0.25, 0.3) is 0 Å². The van der Waals surface area contributed by atoms with Gasteiger partial charge in [-0.15, -0.1) is 0 Å². The van der Waals surface area contributed by atoms with Crippen LogP contribution in [0.4, 0.5) is 0 Å². The molecule has 0 unspecified atom stereocenters. The van der Waals surface area contributed by atoms with E-state index >= 15 is 0 Å². The topological polar surface area (TPSA) is 101 Å². The number of nitro groups is 1. The summed E-state index contributed by atoms with van der Waals surface area (Å²) in [5.41, 5.74) is 0. The van der Waals surface area contributed by atoms with Crippen LogP contribution < -0.4 is 4.80 Å². The Morgan fingerprint density at radius 2 is 2.56 bits per heavy atom. The quantitative estimate of drug-likeness (QED) is 0.277. The van der Waals surface area contributed by atoms with Crippen LogP contribution in [-0.4, -0.2) is 25.8 Å². The average Bonchev–Trinajstić information content (AvgIpc) is 2.15. The summed E-state index contributed by atoms with van der Waals surface area (Å²) in [5.74, 6) is 0. The standard InChI is InChI=1S/CH2N6O2/c8-7(9)1-6-4-2-3-5-6/h1H2/p+1. The molecule has 8 nitrogen and oxygen atoms in total. The fourth-order valence-electron chi connectivity index (χ4n) is 0.329. The predicted octanol–water partition coefficient (Wildman–Crippen LogP) is -2.28. The van der Waals surface area contributed by atoms with Crippen molar-refractivity contribution in [2.45, 2.75) is 6.67 Å². The van der Waals surface area contributed by atoms with Crippen LogP contribution in [-0.2, 0) is 6.67 Å². The number of nitrogens with one attached hydrogen (secondary N) is 1. The van der Waals surface area contributed by atoms with Crippen molar-refractivity contribution in [1.82, 2.24) is 20.9 Å². The van der Waals surface area contributed by atoms with E-state index in [4.69, 9.17) is 0 Å². The highest BCUT2D eigenvalue weighted by atomic mass is 16.6. The molecule has 0 saturated carbocycles. The minimum Gasteiger partial charge on any atom is -0.261 e. The van der Waals surface area contributed by atoms with Gasteiger partial charge in [0.05, 0.1) is 4.92 Å². The van der Waals surface area contributed by atoms with Crippen LogP contribution >= 0.6 is 0 Å². The Balaban J connectivity index is 2.58. The minimum absolute atomic E-state index is 0.438. The molecular weight excluding hydrogens is 128 g/mol. The number of nitrogens with zero attached hydrogens (tertiary/aromatic N) is 5. The van der Waals surface area contributed by atoms with Crippen LogP contribution in [0, 0.1) is 10.1 Å². The minimum atomic E-state index is -0.549. The van der Waals surface area contributed by atoms with E-state index in [2.05, 4.69) is 20.9 Å². The summed E-state index contributed by atoms with van der Waals surface area (Å²) in [6.45, 7) is -0.438. The van der Waals surface area contributed by atoms with Crippen molar-refractivity contribution in [2.24, 2.45) is 0 Å². The highest BCUT2D eigenvalue weighted by molar-refractivity contribution is 3.93. The van der Waals surface area contributed by atoms with Crippen molar-refractivity contribution >= 4 is 0 Å². The summed E-state index contributed by atoms with van der Waals surface area (Å²) >= 11 is 0. The van der Waals surface area contributed by atoms with Crippen LogP contribution in [0.2, 0.25) is 0 Å². The molecule has 0 aliphatic rings. The van der Waals surface area contributed by atoms with Gasteiger partial charge in [0.15, 0.2) is 0 Å². The lowest BCUT2D eigenvalue weighted by Crippen LogP contribution is -2.42. The molecule has 0 radical (unpaired) electrons. The van der Waals surface area contributed by atoms with Crippen molar-refractivity contribution in [3.63, 3.8) is 0 Å². The Morgan fingerprint density at radius 1 is 1.78 bits per heavy atom. The van der Waals surface area contributed by atoms with E-state index in [1.165, 1.54) is 0 Å². The van der Waals surface area contributed by atoms with Crippen molar-refractivity contribution in [1.29, 1.82) is 0 Å². The zero-order chi connectivity index (χ0) is 6.69. The fraction of sp³-hybridized carbons (Fsp3) is 1.00. The second kappa shape index (κ2) is 2.11. The lowest BCUT2D eigenvalue weighted by atomic mass is 11.2. The van der Waals surface area contributed by atoms with Gasteiger partial charge in [0.25, 0.3) is 0 Å². The summed E-state index contributed by atoms with van der Waals surface area (Å²) in [7, 11) is 0. The number of aromatic amines is 1. The van der Waals surface area contributed by atoms with Crippen LogP contribution in [0.5, 0.6) is 0 Å².